The molecule has 308 valence electrons. The van der Waals surface area contributed by atoms with Gasteiger partial charge in [-0.15, -0.1) is 0 Å². The summed E-state index contributed by atoms with van der Waals surface area (Å²) in [7, 11) is 0. The Kier molecular flexibility index (Phi) is 8.89. The first-order valence-corrected chi connectivity index (χ1v) is 22.7. The summed E-state index contributed by atoms with van der Waals surface area (Å²) in [5, 5.41) is 11.9. The van der Waals surface area contributed by atoms with Crippen LogP contribution in [0.4, 0.5) is 17.1 Å². The van der Waals surface area contributed by atoms with Gasteiger partial charge in [0.05, 0.1) is 11.1 Å². The van der Waals surface area contributed by atoms with Gasteiger partial charge in [0.1, 0.15) is 11.2 Å². The van der Waals surface area contributed by atoms with Crippen molar-refractivity contribution in [3.63, 3.8) is 0 Å². The van der Waals surface area contributed by atoms with Gasteiger partial charge in [-0.2, -0.15) is 0 Å². The molecule has 0 N–H and O–H groups in total. The van der Waals surface area contributed by atoms with E-state index in [2.05, 4.69) is 254 Å². The van der Waals surface area contributed by atoms with Gasteiger partial charge >= 0.3 is 0 Å². The third-order valence-electron chi connectivity index (χ3n) is 13.4. The van der Waals surface area contributed by atoms with Crippen molar-refractivity contribution in [2.24, 2.45) is 0 Å². The lowest BCUT2D eigenvalue weighted by Gasteiger charge is -2.27. The molecule has 0 aliphatic carbocycles. The number of hydrogen-bond donors (Lipinski definition) is 0. The van der Waals surface area contributed by atoms with Crippen LogP contribution in [0.5, 0.6) is 0 Å². The highest BCUT2D eigenvalue weighted by molar-refractivity contribution is 6.23. The molecule has 0 bridgehead atoms. The predicted molar refractivity (Wildman–Crippen MR) is 280 cm³/mol. The number of hydrogen-bond acceptors (Lipinski definition) is 2. The molecule has 12 aromatic carbocycles. The molecule has 2 heteroatoms. The Morgan fingerprint density at radius 2 is 0.833 bits per heavy atom. The molecule has 0 unspecified atom stereocenters. The van der Waals surface area contributed by atoms with E-state index in [4.69, 9.17) is 4.42 Å². The number of anilines is 3. The highest BCUT2D eigenvalue weighted by Gasteiger charge is 2.22. The van der Waals surface area contributed by atoms with Crippen LogP contribution in [0, 0.1) is 0 Å². The second kappa shape index (κ2) is 15.5. The summed E-state index contributed by atoms with van der Waals surface area (Å²) in [4.78, 5) is 2.40. The number of nitrogens with zero attached hydrogens (tertiary/aromatic N) is 1. The Morgan fingerprint density at radius 3 is 1.61 bits per heavy atom. The monoisotopic (exact) mass is 839 g/mol. The van der Waals surface area contributed by atoms with Crippen molar-refractivity contribution < 1.29 is 4.42 Å². The Labute approximate surface area is 382 Å². The summed E-state index contributed by atoms with van der Waals surface area (Å²) < 4.78 is 6.77. The van der Waals surface area contributed by atoms with Gasteiger partial charge in [-0.05, 0) is 131 Å². The number of rotatable bonds is 7. The van der Waals surface area contributed by atoms with E-state index in [0.717, 1.165) is 60.9 Å². The van der Waals surface area contributed by atoms with E-state index < -0.39 is 0 Å². The van der Waals surface area contributed by atoms with Crippen LogP contribution in [0.25, 0.3) is 110 Å². The maximum Gasteiger partial charge on any atom is 0.143 e. The largest absolute Gasteiger partial charge is 0.455 e. The summed E-state index contributed by atoms with van der Waals surface area (Å²) in [6, 6.07) is 90.2. The number of furan rings is 1. The molecule has 0 aliphatic rings. The van der Waals surface area contributed by atoms with E-state index in [-0.39, 0.29) is 0 Å². The molecule has 1 heterocycles. The predicted octanol–water partition coefficient (Wildman–Crippen LogP) is 18.3. The first-order valence-electron chi connectivity index (χ1n) is 22.7. The molecule has 0 spiro atoms. The van der Waals surface area contributed by atoms with Gasteiger partial charge in [-0.25, -0.2) is 0 Å². The Hall–Kier alpha value is -8.72. The first kappa shape index (κ1) is 37.8. The summed E-state index contributed by atoms with van der Waals surface area (Å²) in [5.74, 6) is 0. The summed E-state index contributed by atoms with van der Waals surface area (Å²) >= 11 is 0. The second-order valence-corrected chi connectivity index (χ2v) is 17.2. The zero-order valence-corrected chi connectivity index (χ0v) is 36.0. The molecule has 0 radical (unpaired) electrons. The maximum atomic E-state index is 6.77. The van der Waals surface area contributed by atoms with Crippen LogP contribution in [0.3, 0.4) is 0 Å². The molecule has 0 fully saturated rings. The van der Waals surface area contributed by atoms with Gasteiger partial charge in [0, 0.05) is 22.1 Å². The molecular formula is C64H41NO. The zero-order valence-electron chi connectivity index (χ0n) is 36.0. The molecule has 0 atom stereocenters. The molecule has 0 saturated heterocycles. The standard InChI is InChI=1S/C64H41NO/c1-3-18-45(19-4-1)61-56-28-12-11-27-54(56)55-38-35-48(41-58(55)62(61)46-20-5-2-6-21-46)47-23-13-24-50(40-47)65(49-36-32-44(33-37-49)52-29-14-22-42-16-7-9-25-51(42)52)59-30-15-31-60-63(59)57-39-34-43-17-8-10-26-53(43)64(57)66-60/h1-41H. The molecular weight excluding hydrogens is 799 g/mol. The molecule has 13 rings (SSSR count). The fraction of sp³-hybridized carbons (Fsp3) is 0. The summed E-state index contributed by atoms with van der Waals surface area (Å²) in [5.41, 5.74) is 14.5. The highest BCUT2D eigenvalue weighted by atomic mass is 16.3. The molecule has 0 amide bonds. The van der Waals surface area contributed by atoms with Crippen LogP contribution in [-0.2, 0) is 0 Å². The van der Waals surface area contributed by atoms with Crippen molar-refractivity contribution in [3.8, 4) is 44.5 Å². The van der Waals surface area contributed by atoms with Crippen LogP contribution in [-0.4, -0.2) is 0 Å². The molecule has 0 aliphatic heterocycles. The first-order chi connectivity index (χ1) is 32.7. The topological polar surface area (TPSA) is 16.4 Å². The van der Waals surface area contributed by atoms with E-state index in [1.165, 1.54) is 65.7 Å². The minimum atomic E-state index is 0.858. The van der Waals surface area contributed by atoms with Gasteiger partial charge in [0.25, 0.3) is 0 Å². The number of benzene rings is 12. The van der Waals surface area contributed by atoms with Crippen LogP contribution in [0.2, 0.25) is 0 Å². The summed E-state index contributed by atoms with van der Waals surface area (Å²) in [6.07, 6.45) is 0. The third kappa shape index (κ3) is 6.18. The maximum absolute atomic E-state index is 6.77. The number of fused-ring (bicyclic) bond motifs is 9. The Morgan fingerprint density at radius 1 is 0.288 bits per heavy atom. The van der Waals surface area contributed by atoms with Crippen molar-refractivity contribution in [3.05, 3.63) is 249 Å². The van der Waals surface area contributed by atoms with E-state index in [1.807, 2.05) is 0 Å². The average molecular weight is 840 g/mol. The molecule has 66 heavy (non-hydrogen) atoms. The van der Waals surface area contributed by atoms with E-state index in [1.54, 1.807) is 0 Å². The highest BCUT2D eigenvalue weighted by Crippen LogP contribution is 2.48. The minimum absolute atomic E-state index is 0.858. The lowest BCUT2D eigenvalue weighted by atomic mass is 9.84. The van der Waals surface area contributed by atoms with Gasteiger partial charge in [0.2, 0.25) is 0 Å². The normalized spacial score (nSPS) is 11.6. The Bertz CT molecular complexity index is 3970. The fourth-order valence-electron chi connectivity index (χ4n) is 10.4. The van der Waals surface area contributed by atoms with Crippen molar-refractivity contribution in [2.75, 3.05) is 4.90 Å². The SMILES string of the molecule is c1ccc(-c2c(-c3ccccc3)c3cc(-c4cccc(N(c5ccc(-c6cccc7ccccc67)cc5)c5cccc6oc7c8ccccc8ccc7c56)c4)ccc3c3ccccc23)cc1. The zero-order chi connectivity index (χ0) is 43.6. The second-order valence-electron chi connectivity index (χ2n) is 17.2. The van der Waals surface area contributed by atoms with Gasteiger partial charge in [-0.3, -0.25) is 0 Å². The van der Waals surface area contributed by atoms with Gasteiger partial charge < -0.3 is 9.32 Å². The van der Waals surface area contributed by atoms with Crippen molar-refractivity contribution in [2.45, 2.75) is 0 Å². The lowest BCUT2D eigenvalue weighted by molar-refractivity contribution is 0.672. The van der Waals surface area contributed by atoms with E-state index in [0.29, 0.717) is 0 Å². The van der Waals surface area contributed by atoms with Crippen LogP contribution in [0.1, 0.15) is 0 Å². The van der Waals surface area contributed by atoms with E-state index >= 15 is 0 Å². The molecule has 13 aromatic rings. The van der Waals surface area contributed by atoms with Crippen molar-refractivity contribution in [1.29, 1.82) is 0 Å². The van der Waals surface area contributed by atoms with Crippen LogP contribution >= 0.6 is 0 Å². The quantitative estimate of drug-likeness (QED) is 0.149. The molecule has 1 aromatic heterocycles. The van der Waals surface area contributed by atoms with E-state index in [9.17, 15) is 0 Å². The Balaban J connectivity index is 1.03. The van der Waals surface area contributed by atoms with Gasteiger partial charge in [-0.1, -0.05) is 200 Å². The summed E-state index contributed by atoms with van der Waals surface area (Å²) in [6.45, 7) is 0. The third-order valence-corrected chi connectivity index (χ3v) is 13.4. The van der Waals surface area contributed by atoms with Crippen LogP contribution in [0.15, 0.2) is 253 Å². The molecule has 2 nitrogen and oxygen atoms in total. The molecule has 0 saturated carbocycles. The minimum Gasteiger partial charge on any atom is -0.455 e. The van der Waals surface area contributed by atoms with Crippen molar-refractivity contribution in [1.82, 2.24) is 0 Å². The fourth-order valence-corrected chi connectivity index (χ4v) is 10.4. The smallest absolute Gasteiger partial charge is 0.143 e. The van der Waals surface area contributed by atoms with Crippen molar-refractivity contribution >= 4 is 82.1 Å². The van der Waals surface area contributed by atoms with Gasteiger partial charge in [0.15, 0.2) is 0 Å². The average Bonchev–Trinajstić information content (AvgIpc) is 3.79. The lowest BCUT2D eigenvalue weighted by Crippen LogP contribution is -2.10. The van der Waals surface area contributed by atoms with Crippen LogP contribution < -0.4 is 4.90 Å².